The van der Waals surface area contributed by atoms with Crippen LogP contribution >= 0.6 is 11.3 Å². The Hall–Kier alpha value is -3.39. The maximum Gasteiger partial charge on any atom is 0.290 e. The Bertz CT molecular complexity index is 1060. The number of hydrogen-bond donors (Lipinski definition) is 2. The van der Waals surface area contributed by atoms with Crippen molar-refractivity contribution in [3.8, 4) is 5.75 Å². The van der Waals surface area contributed by atoms with E-state index in [0.717, 1.165) is 5.56 Å². The van der Waals surface area contributed by atoms with E-state index in [1.165, 1.54) is 11.3 Å². The Morgan fingerprint density at radius 3 is 2.73 bits per heavy atom. The van der Waals surface area contributed by atoms with Crippen LogP contribution in [0, 0.1) is 0 Å². The second-order valence-electron chi connectivity index (χ2n) is 6.95. The van der Waals surface area contributed by atoms with Gasteiger partial charge in [0.25, 0.3) is 5.91 Å². The van der Waals surface area contributed by atoms with Gasteiger partial charge in [-0.25, -0.2) is 4.57 Å². The van der Waals surface area contributed by atoms with Gasteiger partial charge in [0.15, 0.2) is 5.76 Å². The van der Waals surface area contributed by atoms with Crippen molar-refractivity contribution in [2.75, 3.05) is 13.7 Å². The van der Waals surface area contributed by atoms with E-state index in [0.29, 0.717) is 30.1 Å². The van der Waals surface area contributed by atoms with E-state index in [2.05, 4.69) is 4.98 Å². The number of ketones is 1. The number of aryl methyl sites for hydroxylation is 1. The van der Waals surface area contributed by atoms with Gasteiger partial charge in [-0.3, -0.25) is 14.6 Å². The Morgan fingerprint density at radius 1 is 1.30 bits per heavy atom. The molecule has 1 aliphatic heterocycles. The van der Waals surface area contributed by atoms with E-state index in [9.17, 15) is 14.7 Å². The van der Waals surface area contributed by atoms with Gasteiger partial charge in [-0.2, -0.15) is 0 Å². The first kappa shape index (κ1) is 19.9. The topological polar surface area (TPSA) is 86.5 Å². The average molecular weight is 425 g/mol. The van der Waals surface area contributed by atoms with Gasteiger partial charge < -0.3 is 14.7 Å². The fourth-order valence-corrected chi connectivity index (χ4v) is 4.35. The normalized spacial score (nSPS) is 16.4. The molecular formula is C22H22N3O4S+. The lowest BCUT2D eigenvalue weighted by Crippen LogP contribution is -2.36. The maximum atomic E-state index is 13.2. The van der Waals surface area contributed by atoms with Gasteiger partial charge in [-0.1, -0.05) is 18.2 Å². The first-order valence-electron chi connectivity index (χ1n) is 9.58. The van der Waals surface area contributed by atoms with E-state index in [1.807, 2.05) is 35.4 Å². The summed E-state index contributed by atoms with van der Waals surface area (Å²) >= 11 is 1.29. The highest BCUT2D eigenvalue weighted by atomic mass is 32.1. The van der Waals surface area contributed by atoms with Crippen molar-refractivity contribution in [1.82, 2.24) is 9.88 Å². The molecule has 3 heterocycles. The number of aromatic nitrogens is 2. The van der Waals surface area contributed by atoms with Crippen molar-refractivity contribution >= 4 is 23.0 Å². The molecule has 154 valence electrons. The minimum Gasteiger partial charge on any atom is -0.503 e. The number of carbonyl (C=O) groups excluding carboxylic acids is 2. The number of nitrogens with zero attached hydrogens (tertiary/aromatic N) is 2. The number of hydrogen-bond acceptors (Lipinski definition) is 5. The second-order valence-corrected chi connectivity index (χ2v) is 7.89. The van der Waals surface area contributed by atoms with Crippen molar-refractivity contribution in [2.24, 2.45) is 0 Å². The minimum absolute atomic E-state index is 0.127. The molecule has 0 saturated carbocycles. The van der Waals surface area contributed by atoms with E-state index in [-0.39, 0.29) is 11.4 Å². The average Bonchev–Trinajstić information content (AvgIpc) is 3.52. The highest BCUT2D eigenvalue weighted by Gasteiger charge is 2.43. The number of aliphatic hydroxyl groups excluding tert-OH is 1. The first-order valence-corrected chi connectivity index (χ1v) is 10.5. The molecule has 30 heavy (non-hydrogen) atoms. The third-order valence-electron chi connectivity index (χ3n) is 5.14. The van der Waals surface area contributed by atoms with Crippen LogP contribution in [0.5, 0.6) is 5.75 Å². The summed E-state index contributed by atoms with van der Waals surface area (Å²) in [5.41, 5.74) is 0.879. The van der Waals surface area contributed by atoms with Crippen LogP contribution in [0.15, 0.2) is 71.8 Å². The molecule has 1 atom stereocenters. The van der Waals surface area contributed by atoms with Gasteiger partial charge in [-0.05, 0) is 29.1 Å². The number of H-pyrrole nitrogens is 1. The highest BCUT2D eigenvalue weighted by molar-refractivity contribution is 7.12. The SMILES string of the molecule is COc1ccc(C2C(C(=O)c3cccs3)=C(O)C(=O)N2CCC[n+]2cc[nH]c2)cc1. The second kappa shape index (κ2) is 8.54. The van der Waals surface area contributed by atoms with Crippen LogP contribution in [0.4, 0.5) is 0 Å². The number of amides is 1. The van der Waals surface area contributed by atoms with E-state index in [1.54, 1.807) is 41.7 Å². The molecule has 0 radical (unpaired) electrons. The lowest BCUT2D eigenvalue weighted by atomic mass is 9.95. The summed E-state index contributed by atoms with van der Waals surface area (Å²) in [5, 5.41) is 12.5. The molecule has 4 rings (SSSR count). The maximum absolute atomic E-state index is 13.2. The molecule has 2 aromatic heterocycles. The minimum atomic E-state index is -0.644. The van der Waals surface area contributed by atoms with Crippen molar-refractivity contribution in [3.63, 3.8) is 0 Å². The lowest BCUT2D eigenvalue weighted by molar-refractivity contribution is -0.695. The molecule has 1 aliphatic rings. The van der Waals surface area contributed by atoms with E-state index < -0.39 is 17.7 Å². The van der Waals surface area contributed by atoms with Gasteiger partial charge in [0.1, 0.15) is 18.1 Å². The summed E-state index contributed by atoms with van der Waals surface area (Å²) in [6.07, 6.45) is 6.25. The standard InChI is InChI=1S/C22H21N3O4S/c1-29-16-7-5-15(6-8-16)19-18(20(26)17-4-2-13-30-17)21(27)22(28)25(19)11-3-10-24-12-9-23-14-24/h2,4-9,12-14,19H,3,10-11H2,1H3,(H,26,27)/p+1. The molecule has 0 spiro atoms. The van der Waals surface area contributed by atoms with Crippen molar-refractivity contribution < 1.29 is 24.0 Å². The van der Waals surface area contributed by atoms with Crippen molar-refractivity contribution in [1.29, 1.82) is 0 Å². The Balaban J connectivity index is 1.66. The zero-order valence-corrected chi connectivity index (χ0v) is 17.3. The summed E-state index contributed by atoms with van der Waals surface area (Å²) in [4.78, 5) is 31.1. The molecule has 1 amide bonds. The number of rotatable bonds is 8. The van der Waals surface area contributed by atoms with Crippen LogP contribution in [0.2, 0.25) is 0 Å². The van der Waals surface area contributed by atoms with Crippen LogP contribution < -0.4 is 9.30 Å². The zero-order valence-electron chi connectivity index (χ0n) is 16.4. The van der Waals surface area contributed by atoms with Gasteiger partial charge in [0, 0.05) is 13.0 Å². The number of aliphatic hydroxyl groups is 1. The fourth-order valence-electron chi connectivity index (χ4n) is 3.67. The predicted molar refractivity (Wildman–Crippen MR) is 111 cm³/mol. The number of carbonyl (C=O) groups is 2. The van der Waals surface area contributed by atoms with E-state index >= 15 is 0 Å². The Morgan fingerprint density at radius 2 is 2.10 bits per heavy atom. The van der Waals surface area contributed by atoms with Crippen LogP contribution in [0.1, 0.15) is 27.7 Å². The molecule has 1 unspecified atom stereocenters. The molecule has 0 bridgehead atoms. The largest absolute Gasteiger partial charge is 0.503 e. The number of imidazole rings is 1. The number of benzene rings is 1. The molecule has 0 aliphatic carbocycles. The third kappa shape index (κ3) is 3.73. The number of Topliss-reactive ketones (excluding diaryl/α,β-unsaturated/α-hetero) is 1. The highest BCUT2D eigenvalue weighted by Crippen LogP contribution is 2.39. The van der Waals surface area contributed by atoms with Gasteiger partial charge in [0.05, 0.1) is 30.1 Å². The summed E-state index contributed by atoms with van der Waals surface area (Å²) in [6, 6.07) is 10.1. The van der Waals surface area contributed by atoms with Crippen LogP contribution in [0.25, 0.3) is 0 Å². The molecule has 8 heteroatoms. The van der Waals surface area contributed by atoms with Crippen LogP contribution in [0.3, 0.4) is 0 Å². The van der Waals surface area contributed by atoms with Crippen molar-refractivity contribution in [2.45, 2.75) is 19.0 Å². The van der Waals surface area contributed by atoms with Gasteiger partial charge >= 0.3 is 0 Å². The van der Waals surface area contributed by atoms with Crippen molar-refractivity contribution in [3.05, 3.63) is 82.3 Å². The molecule has 7 nitrogen and oxygen atoms in total. The Labute approximate surface area is 177 Å². The number of thiophene rings is 1. The monoisotopic (exact) mass is 424 g/mol. The van der Waals surface area contributed by atoms with Gasteiger partial charge in [0.2, 0.25) is 12.1 Å². The molecule has 0 saturated heterocycles. The predicted octanol–water partition coefficient (Wildman–Crippen LogP) is 3.04. The summed E-state index contributed by atoms with van der Waals surface area (Å²) in [5.74, 6) is -0.629. The number of ether oxygens (including phenoxy) is 1. The Kier molecular flexibility index (Phi) is 5.67. The first-order chi connectivity index (χ1) is 14.6. The zero-order chi connectivity index (χ0) is 21.1. The number of methoxy groups -OCH3 is 1. The van der Waals surface area contributed by atoms with E-state index in [4.69, 9.17) is 4.74 Å². The van der Waals surface area contributed by atoms with Crippen LogP contribution in [-0.4, -0.2) is 40.3 Å². The smallest absolute Gasteiger partial charge is 0.290 e. The summed E-state index contributed by atoms with van der Waals surface area (Å²) in [6.45, 7) is 1.11. The molecule has 0 fully saturated rings. The fraction of sp³-hybridized carbons (Fsp3) is 0.227. The lowest BCUT2D eigenvalue weighted by Gasteiger charge is -2.26. The number of aromatic amines is 1. The third-order valence-corrected chi connectivity index (χ3v) is 6.01. The molecular weight excluding hydrogens is 402 g/mol. The van der Waals surface area contributed by atoms with Gasteiger partial charge in [-0.15, -0.1) is 11.3 Å². The summed E-state index contributed by atoms with van der Waals surface area (Å²) < 4.78 is 7.21. The molecule has 1 aromatic carbocycles. The quantitative estimate of drug-likeness (QED) is 0.430. The molecule has 3 aromatic rings. The molecule has 2 N–H and O–H groups in total. The number of nitrogens with one attached hydrogen (secondary N) is 1. The van der Waals surface area contributed by atoms with Crippen LogP contribution in [-0.2, 0) is 11.3 Å². The summed E-state index contributed by atoms with van der Waals surface area (Å²) in [7, 11) is 1.58.